The Balaban J connectivity index is 1.01. The van der Waals surface area contributed by atoms with E-state index in [1.165, 1.54) is 108 Å². The van der Waals surface area contributed by atoms with E-state index in [1.807, 2.05) is 11.3 Å². The third kappa shape index (κ3) is 10.1. The van der Waals surface area contributed by atoms with Crippen molar-refractivity contribution < 1.29 is 0 Å². The topological polar surface area (TPSA) is 6.48 Å². The maximum absolute atomic E-state index is 2.49. The van der Waals surface area contributed by atoms with Gasteiger partial charge in [-0.05, 0) is 162 Å². The number of fused-ring (bicyclic) bond motifs is 4. The highest BCUT2D eigenvalue weighted by Gasteiger charge is 2.26. The number of anilines is 6. The van der Waals surface area contributed by atoms with Gasteiger partial charge in [-0.2, -0.15) is 0 Å². The Bertz CT molecular complexity index is 4770. The van der Waals surface area contributed by atoms with Crippen LogP contribution in [0.5, 0.6) is 0 Å². The number of nitrogens with zero attached hydrogens (tertiary/aromatic N) is 2. The minimum absolute atomic E-state index is 1.12. The summed E-state index contributed by atoms with van der Waals surface area (Å²) in [6.45, 7) is 14.5. The second kappa shape index (κ2) is 22.0. The summed E-state index contributed by atoms with van der Waals surface area (Å²) in [4.78, 5) is 7.40. The van der Waals surface area contributed by atoms with Gasteiger partial charge in [0.25, 0.3) is 0 Å². The maximum atomic E-state index is 2.49. The number of para-hydroxylation sites is 2. The summed E-state index contributed by atoms with van der Waals surface area (Å²) in [6.07, 6.45) is 0. The fourth-order valence-corrected chi connectivity index (χ4v) is 16.0. The van der Waals surface area contributed by atoms with Crippen molar-refractivity contribution >= 4 is 115 Å². The molecule has 0 amide bonds. The van der Waals surface area contributed by atoms with Crippen LogP contribution in [0.1, 0.15) is 0 Å². The largest absolute Gasteiger partial charge is 0.310 e. The molecule has 0 unspecified atom stereocenters. The number of hydrogen-bond donors (Lipinski definition) is 0. The SMILES string of the molecule is C[Si](C)(C)c1ccc(N(c2ccccc2)c2ccc(-c3c4ccccc4c(-c4cccc5c(N(c6ccccc6)c6ccc([Si](C)(C)C)cc6)cccc45)c4cc(-c5cccc(-c6ccc(-c7ccccc7)s6)c5)ccc34)c3ccccc23)cc1. The van der Waals surface area contributed by atoms with Crippen LogP contribution < -0.4 is 20.2 Å². The Morgan fingerprint density at radius 1 is 0.247 bits per heavy atom. The molecule has 0 saturated heterocycles. The molecular formula is C80H66N2SSi2. The summed E-state index contributed by atoms with van der Waals surface area (Å²) in [6, 6.07) is 109. The van der Waals surface area contributed by atoms with Crippen molar-refractivity contribution in [3.8, 4) is 54.3 Å². The molecule has 14 aromatic rings. The maximum Gasteiger partial charge on any atom is 0.0775 e. The van der Waals surface area contributed by atoms with E-state index in [-0.39, 0.29) is 0 Å². The standard InChI is InChI=1S/C80H66N2SSi2/c1-84(2,3)63-44-40-61(41-45-63)81(59-27-12-8-13-28-59)75-38-22-35-66-68(75)36-21-37-69(66)80-71-34-19-18-33-70(71)79(73-48-39-57(54-74(73)80)56-25-20-26-58(53-56)78-52-51-77(83-78)55-23-10-7-11-24-55)72-49-50-76(67-32-17-16-31-65(67)72)82(60-29-14-9-15-30-60)62-42-46-64(47-43-62)85(4,5)6/h7-54H,1-6H3. The van der Waals surface area contributed by atoms with Gasteiger partial charge in [-0.1, -0.05) is 256 Å². The lowest BCUT2D eigenvalue weighted by Crippen LogP contribution is -2.37. The zero-order valence-corrected chi connectivity index (χ0v) is 51.8. The molecule has 14 rings (SSSR count). The number of rotatable bonds is 13. The van der Waals surface area contributed by atoms with Gasteiger partial charge in [-0.3, -0.25) is 0 Å². The van der Waals surface area contributed by atoms with Crippen LogP contribution in [0.3, 0.4) is 0 Å². The predicted molar refractivity (Wildman–Crippen MR) is 377 cm³/mol. The Morgan fingerprint density at radius 2 is 0.635 bits per heavy atom. The van der Waals surface area contributed by atoms with Gasteiger partial charge in [-0.25, -0.2) is 0 Å². The summed E-state index contributed by atoms with van der Waals surface area (Å²) >= 11 is 1.85. The molecule has 0 aliphatic heterocycles. The van der Waals surface area contributed by atoms with Crippen LogP contribution in [0.25, 0.3) is 97.4 Å². The van der Waals surface area contributed by atoms with Crippen LogP contribution >= 0.6 is 11.3 Å². The van der Waals surface area contributed by atoms with Crippen LogP contribution in [-0.2, 0) is 0 Å². The van der Waals surface area contributed by atoms with Crippen molar-refractivity contribution in [3.05, 3.63) is 291 Å². The lowest BCUT2D eigenvalue weighted by molar-refractivity contribution is 1.30. The summed E-state index contributed by atoms with van der Waals surface area (Å²) < 4.78 is 0. The van der Waals surface area contributed by atoms with Crippen LogP contribution in [0.2, 0.25) is 39.3 Å². The molecule has 2 nitrogen and oxygen atoms in total. The van der Waals surface area contributed by atoms with Crippen LogP contribution in [0.4, 0.5) is 34.1 Å². The first-order chi connectivity index (χ1) is 41.4. The molecule has 0 saturated carbocycles. The first kappa shape index (κ1) is 53.6. The molecule has 5 heteroatoms. The molecule has 0 aliphatic rings. The van der Waals surface area contributed by atoms with Gasteiger partial charge in [0.2, 0.25) is 0 Å². The second-order valence-electron chi connectivity index (χ2n) is 24.5. The first-order valence-electron chi connectivity index (χ1n) is 29.6. The molecule has 0 aliphatic carbocycles. The average molecular weight is 1140 g/mol. The van der Waals surface area contributed by atoms with Crippen LogP contribution in [0, 0.1) is 0 Å². The Kier molecular flexibility index (Phi) is 13.9. The van der Waals surface area contributed by atoms with Crippen molar-refractivity contribution in [2.45, 2.75) is 39.3 Å². The lowest BCUT2D eigenvalue weighted by atomic mass is 9.82. The smallest absolute Gasteiger partial charge is 0.0775 e. The number of thiophene rings is 1. The zero-order valence-electron chi connectivity index (χ0n) is 49.0. The molecule has 0 N–H and O–H groups in total. The van der Waals surface area contributed by atoms with E-state index in [4.69, 9.17) is 0 Å². The molecule has 0 bridgehead atoms. The highest BCUT2D eigenvalue weighted by Crippen LogP contribution is 2.51. The van der Waals surface area contributed by atoms with E-state index in [1.54, 1.807) is 0 Å². The van der Waals surface area contributed by atoms with E-state index in [2.05, 4.69) is 340 Å². The third-order valence-electron chi connectivity index (χ3n) is 17.0. The minimum atomic E-state index is -1.54. The first-order valence-corrected chi connectivity index (χ1v) is 37.5. The molecular weight excluding hydrogens is 1080 g/mol. The predicted octanol–water partition coefficient (Wildman–Crippen LogP) is 22.7. The second-order valence-corrected chi connectivity index (χ2v) is 35.7. The van der Waals surface area contributed by atoms with Crippen molar-refractivity contribution in [1.82, 2.24) is 0 Å². The monoisotopic (exact) mass is 1140 g/mol. The quantitative estimate of drug-likeness (QED) is 0.0839. The zero-order chi connectivity index (χ0) is 57.8. The van der Waals surface area contributed by atoms with E-state index >= 15 is 0 Å². The Morgan fingerprint density at radius 3 is 1.21 bits per heavy atom. The van der Waals surface area contributed by atoms with Crippen molar-refractivity contribution in [2.24, 2.45) is 0 Å². The van der Waals surface area contributed by atoms with Gasteiger partial charge in [0.05, 0.1) is 27.5 Å². The van der Waals surface area contributed by atoms with Crippen molar-refractivity contribution in [3.63, 3.8) is 0 Å². The fourth-order valence-electron chi connectivity index (χ4n) is 12.7. The lowest BCUT2D eigenvalue weighted by Gasteiger charge is -2.29. The summed E-state index contributed by atoms with van der Waals surface area (Å²) in [5.74, 6) is 0. The molecule has 0 radical (unpaired) electrons. The van der Waals surface area contributed by atoms with Gasteiger partial charge in [-0.15, -0.1) is 11.3 Å². The molecule has 0 atom stereocenters. The Hall–Kier alpha value is -9.37. The summed E-state index contributed by atoms with van der Waals surface area (Å²) in [5, 5.41) is 12.5. The molecule has 13 aromatic carbocycles. The molecule has 1 heterocycles. The molecule has 1 aromatic heterocycles. The highest BCUT2D eigenvalue weighted by molar-refractivity contribution is 7.18. The molecule has 0 spiro atoms. The highest BCUT2D eigenvalue weighted by atomic mass is 32.1. The number of benzene rings is 13. The minimum Gasteiger partial charge on any atom is -0.310 e. The van der Waals surface area contributed by atoms with E-state index < -0.39 is 16.1 Å². The summed E-state index contributed by atoms with van der Waals surface area (Å²) in [5.41, 5.74) is 16.5. The average Bonchev–Trinajstić information content (AvgIpc) is 3.77. The van der Waals surface area contributed by atoms with Crippen molar-refractivity contribution in [2.75, 3.05) is 9.80 Å². The van der Waals surface area contributed by atoms with E-state index in [0.717, 1.165) is 34.1 Å². The van der Waals surface area contributed by atoms with Gasteiger partial charge < -0.3 is 9.80 Å². The van der Waals surface area contributed by atoms with Crippen molar-refractivity contribution in [1.29, 1.82) is 0 Å². The fraction of sp³-hybridized carbons (Fsp3) is 0.0750. The normalized spacial score (nSPS) is 11.9. The van der Waals surface area contributed by atoms with E-state index in [0.29, 0.717) is 0 Å². The van der Waals surface area contributed by atoms with Crippen LogP contribution in [-0.4, -0.2) is 16.1 Å². The van der Waals surface area contributed by atoms with Gasteiger partial charge in [0, 0.05) is 43.3 Å². The molecule has 410 valence electrons. The van der Waals surface area contributed by atoms with Gasteiger partial charge in [0.1, 0.15) is 0 Å². The number of hydrogen-bond acceptors (Lipinski definition) is 3. The molecule has 0 fully saturated rings. The van der Waals surface area contributed by atoms with E-state index in [9.17, 15) is 0 Å². The third-order valence-corrected chi connectivity index (χ3v) is 22.3. The Labute approximate surface area is 506 Å². The van der Waals surface area contributed by atoms with Crippen LogP contribution in [0.15, 0.2) is 291 Å². The van der Waals surface area contributed by atoms with Gasteiger partial charge >= 0.3 is 0 Å². The van der Waals surface area contributed by atoms with Gasteiger partial charge in [0.15, 0.2) is 0 Å². The summed E-state index contributed by atoms with van der Waals surface area (Å²) in [7, 11) is -3.07. The molecule has 85 heavy (non-hydrogen) atoms.